The highest BCUT2D eigenvalue weighted by Gasteiger charge is 2.22. The lowest BCUT2D eigenvalue weighted by Gasteiger charge is -2.20. The zero-order valence-electron chi connectivity index (χ0n) is 16.8. The molecule has 1 heterocycles. The molecule has 0 saturated carbocycles. The number of carbonyl (C=O) groups is 1. The monoisotopic (exact) mass is 436 g/mol. The van der Waals surface area contributed by atoms with Gasteiger partial charge in [-0.15, -0.1) is 0 Å². The van der Waals surface area contributed by atoms with E-state index in [0.717, 1.165) is 5.69 Å². The number of nitrogens with one attached hydrogen (secondary N) is 2. The molecule has 7 nitrogen and oxygen atoms in total. The van der Waals surface area contributed by atoms with Crippen molar-refractivity contribution in [3.8, 4) is 6.07 Å². The summed E-state index contributed by atoms with van der Waals surface area (Å²) in [6, 6.07) is 19.4. The number of pyridine rings is 1. The second-order valence-corrected chi connectivity index (χ2v) is 6.98. The number of nitrogens with zero attached hydrogens (tertiary/aromatic N) is 2. The molecule has 3 aromatic rings. The number of rotatable bonds is 8. The Morgan fingerprint density at radius 2 is 1.97 bits per heavy atom. The molecule has 2 aromatic carbocycles. The summed E-state index contributed by atoms with van der Waals surface area (Å²) in [6.07, 6.45) is 0.361. The van der Waals surface area contributed by atoms with Gasteiger partial charge in [-0.25, -0.2) is 0 Å². The molecule has 0 aliphatic rings. The Bertz CT molecular complexity index is 1160. The molecule has 1 amide bonds. The normalized spacial score (nSPS) is 11.4. The van der Waals surface area contributed by atoms with Crippen molar-refractivity contribution >= 4 is 28.9 Å². The molecule has 8 heteroatoms. The number of anilines is 2. The Morgan fingerprint density at radius 3 is 2.65 bits per heavy atom. The van der Waals surface area contributed by atoms with Gasteiger partial charge in [-0.2, -0.15) is 5.26 Å². The van der Waals surface area contributed by atoms with Crippen LogP contribution in [0.15, 0.2) is 71.7 Å². The molecule has 3 rings (SSSR count). The van der Waals surface area contributed by atoms with Gasteiger partial charge < -0.3 is 15.4 Å². The summed E-state index contributed by atoms with van der Waals surface area (Å²) in [4.78, 5) is 25.8. The van der Waals surface area contributed by atoms with Crippen molar-refractivity contribution in [2.45, 2.75) is 19.7 Å². The smallest absolute Gasteiger partial charge is 0.276 e. The van der Waals surface area contributed by atoms with Crippen LogP contribution in [-0.2, 0) is 16.1 Å². The van der Waals surface area contributed by atoms with Crippen LogP contribution >= 0.6 is 11.6 Å². The van der Waals surface area contributed by atoms with E-state index < -0.39 is 17.7 Å². The van der Waals surface area contributed by atoms with Crippen molar-refractivity contribution in [2.24, 2.45) is 0 Å². The van der Waals surface area contributed by atoms with Gasteiger partial charge >= 0.3 is 0 Å². The number of halogens is 1. The Balaban J connectivity index is 1.80. The van der Waals surface area contributed by atoms with E-state index in [1.165, 1.54) is 16.8 Å². The second kappa shape index (κ2) is 10.4. The fraction of sp³-hybridized carbons (Fsp3) is 0.174. The molecule has 0 aliphatic carbocycles. The van der Waals surface area contributed by atoms with Gasteiger partial charge in [0.2, 0.25) is 6.23 Å². The molecule has 1 aromatic heterocycles. The van der Waals surface area contributed by atoms with Crippen LogP contribution < -0.4 is 16.2 Å². The van der Waals surface area contributed by atoms with Gasteiger partial charge in [0.15, 0.2) is 0 Å². The summed E-state index contributed by atoms with van der Waals surface area (Å²) in [6.45, 7) is 2.11. The highest BCUT2D eigenvalue weighted by Crippen LogP contribution is 2.18. The van der Waals surface area contributed by atoms with Crippen LogP contribution in [0.5, 0.6) is 0 Å². The first kappa shape index (κ1) is 22.1. The van der Waals surface area contributed by atoms with Crippen molar-refractivity contribution < 1.29 is 9.53 Å². The number of hydrogen-bond acceptors (Lipinski definition) is 5. The van der Waals surface area contributed by atoms with Crippen LogP contribution in [0.3, 0.4) is 0 Å². The van der Waals surface area contributed by atoms with Gasteiger partial charge in [0.1, 0.15) is 5.69 Å². The lowest BCUT2D eigenvalue weighted by Crippen LogP contribution is -2.38. The van der Waals surface area contributed by atoms with Crippen LogP contribution in [0, 0.1) is 11.3 Å². The molecule has 0 unspecified atom stereocenters. The quantitative estimate of drug-likeness (QED) is 0.557. The molecular formula is C23H21ClN4O3. The van der Waals surface area contributed by atoms with Crippen molar-refractivity contribution in [1.29, 1.82) is 5.26 Å². The first-order valence-corrected chi connectivity index (χ1v) is 10.0. The maximum absolute atomic E-state index is 13.0. The number of ether oxygens (including phenoxy) is 1. The lowest BCUT2D eigenvalue weighted by atomic mass is 10.1. The van der Waals surface area contributed by atoms with Gasteiger partial charge in [-0.3, -0.25) is 14.2 Å². The third-order valence-electron chi connectivity index (χ3n) is 4.46. The summed E-state index contributed by atoms with van der Waals surface area (Å²) in [5.41, 5.74) is 1.76. The predicted octanol–water partition coefficient (Wildman–Crippen LogP) is 3.97. The average Bonchev–Trinajstić information content (AvgIpc) is 2.79. The highest BCUT2D eigenvalue weighted by atomic mass is 35.5. The number of para-hydroxylation sites is 1. The van der Waals surface area contributed by atoms with Gasteiger partial charge in [-0.05, 0) is 48.9 Å². The van der Waals surface area contributed by atoms with Crippen molar-refractivity contribution in [2.75, 3.05) is 11.9 Å². The van der Waals surface area contributed by atoms with Crippen molar-refractivity contribution in [3.05, 3.63) is 93.4 Å². The predicted molar refractivity (Wildman–Crippen MR) is 119 cm³/mol. The standard InChI is InChI=1S/C23H21ClN4O3/c1-2-31-23(21(29)26-15-17-11-10-16(14-25)13-19(17)24)28-12-6-9-20(22(28)30)27-18-7-4-3-5-8-18/h3-13,23,27H,2,15H2,1H3,(H,26,29)/t23-/m0/s1. The van der Waals surface area contributed by atoms with E-state index >= 15 is 0 Å². The zero-order valence-corrected chi connectivity index (χ0v) is 17.6. The Labute approximate surface area is 184 Å². The highest BCUT2D eigenvalue weighted by molar-refractivity contribution is 6.31. The summed E-state index contributed by atoms with van der Waals surface area (Å²) < 4.78 is 6.82. The second-order valence-electron chi connectivity index (χ2n) is 6.57. The minimum atomic E-state index is -1.15. The molecular weight excluding hydrogens is 416 g/mol. The first-order chi connectivity index (χ1) is 15.0. The summed E-state index contributed by atoms with van der Waals surface area (Å²) in [5.74, 6) is -0.485. The number of hydrogen-bond donors (Lipinski definition) is 2. The van der Waals surface area contributed by atoms with Gasteiger partial charge in [0.25, 0.3) is 11.5 Å². The molecule has 0 radical (unpaired) electrons. The van der Waals surface area contributed by atoms with Crippen LogP contribution in [-0.4, -0.2) is 17.1 Å². The summed E-state index contributed by atoms with van der Waals surface area (Å²) in [5, 5.41) is 15.1. The molecule has 0 aliphatic heterocycles. The number of carbonyl (C=O) groups excluding carboxylic acids is 1. The summed E-state index contributed by atoms with van der Waals surface area (Å²) >= 11 is 6.18. The molecule has 0 bridgehead atoms. The Morgan fingerprint density at radius 1 is 1.19 bits per heavy atom. The summed E-state index contributed by atoms with van der Waals surface area (Å²) in [7, 11) is 0. The van der Waals surface area contributed by atoms with Crippen LogP contribution in [0.4, 0.5) is 11.4 Å². The fourth-order valence-corrected chi connectivity index (χ4v) is 3.18. The van der Waals surface area contributed by atoms with E-state index in [1.807, 2.05) is 36.4 Å². The third-order valence-corrected chi connectivity index (χ3v) is 4.82. The maximum Gasteiger partial charge on any atom is 0.276 e. The lowest BCUT2D eigenvalue weighted by molar-refractivity contribution is -0.139. The average molecular weight is 437 g/mol. The molecule has 0 spiro atoms. The Hall–Kier alpha value is -3.60. The number of amides is 1. The van der Waals surface area contributed by atoms with Crippen LogP contribution in [0.1, 0.15) is 24.3 Å². The molecule has 158 valence electrons. The van der Waals surface area contributed by atoms with Crippen molar-refractivity contribution in [3.63, 3.8) is 0 Å². The van der Waals surface area contributed by atoms with E-state index in [2.05, 4.69) is 10.6 Å². The maximum atomic E-state index is 13.0. The SMILES string of the molecule is CCO[C@@H](C(=O)NCc1ccc(C#N)cc1Cl)n1cccc(Nc2ccccc2)c1=O. The molecule has 31 heavy (non-hydrogen) atoms. The van der Waals surface area contributed by atoms with Gasteiger partial charge in [0, 0.05) is 30.1 Å². The first-order valence-electron chi connectivity index (χ1n) is 9.64. The van der Waals surface area contributed by atoms with E-state index in [4.69, 9.17) is 21.6 Å². The van der Waals surface area contributed by atoms with Gasteiger partial charge in [-0.1, -0.05) is 35.9 Å². The van der Waals surface area contributed by atoms with Crippen LogP contribution in [0.25, 0.3) is 0 Å². The molecule has 0 fully saturated rings. The van der Waals surface area contributed by atoms with Crippen LogP contribution in [0.2, 0.25) is 5.02 Å². The van der Waals surface area contributed by atoms with Gasteiger partial charge in [0.05, 0.1) is 11.6 Å². The number of nitriles is 1. The van der Waals surface area contributed by atoms with E-state index in [9.17, 15) is 9.59 Å². The van der Waals surface area contributed by atoms with E-state index in [0.29, 0.717) is 21.8 Å². The molecule has 0 saturated heterocycles. The van der Waals surface area contributed by atoms with E-state index in [1.54, 1.807) is 31.2 Å². The Kier molecular flexibility index (Phi) is 7.44. The molecule has 2 N–H and O–H groups in total. The zero-order chi connectivity index (χ0) is 22.2. The molecule has 1 atom stereocenters. The third kappa shape index (κ3) is 5.51. The minimum Gasteiger partial charge on any atom is -0.351 e. The fourth-order valence-electron chi connectivity index (χ4n) is 2.94. The van der Waals surface area contributed by atoms with E-state index in [-0.39, 0.29) is 13.2 Å². The number of benzene rings is 2. The largest absolute Gasteiger partial charge is 0.351 e. The minimum absolute atomic E-state index is 0.129. The topological polar surface area (TPSA) is 96.2 Å². The number of aromatic nitrogens is 1. The van der Waals surface area contributed by atoms with Crippen molar-refractivity contribution in [1.82, 2.24) is 9.88 Å².